The van der Waals surface area contributed by atoms with Gasteiger partial charge in [0.1, 0.15) is 5.75 Å². The van der Waals surface area contributed by atoms with Crippen molar-refractivity contribution < 1.29 is 22.8 Å². The molecule has 0 radical (unpaired) electrons. The first-order valence-electron chi connectivity index (χ1n) is 7.45. The van der Waals surface area contributed by atoms with E-state index in [-0.39, 0.29) is 24.0 Å². The van der Waals surface area contributed by atoms with Gasteiger partial charge in [0.2, 0.25) is 0 Å². The molecule has 0 saturated carbocycles. The first kappa shape index (κ1) is 18.7. The lowest BCUT2D eigenvalue weighted by Crippen LogP contribution is -2.24. The first-order chi connectivity index (χ1) is 11.7. The summed E-state index contributed by atoms with van der Waals surface area (Å²) in [5.41, 5.74) is 1.05. The van der Waals surface area contributed by atoms with Gasteiger partial charge in [0.05, 0.1) is 4.92 Å². The number of nitro benzene ring substituents is 1. The fourth-order valence-electron chi connectivity index (χ4n) is 2.42. The average Bonchev–Trinajstić information content (AvgIpc) is 2.54. The summed E-state index contributed by atoms with van der Waals surface area (Å²) in [6.45, 7) is 2.02. The van der Waals surface area contributed by atoms with Crippen molar-refractivity contribution in [2.24, 2.45) is 0 Å². The molecule has 25 heavy (non-hydrogen) atoms. The molecule has 0 amide bonds. The Balaban J connectivity index is 2.18. The van der Waals surface area contributed by atoms with E-state index in [1.165, 1.54) is 24.3 Å². The Morgan fingerprint density at radius 3 is 2.52 bits per heavy atom. The number of hydrogen-bond acceptors (Lipinski definition) is 4. The zero-order valence-electron chi connectivity index (χ0n) is 13.7. The molecule has 0 fully saturated rings. The minimum Gasteiger partial charge on any atom is -0.405 e. The lowest BCUT2D eigenvalue weighted by atomic mass is 10.1. The Morgan fingerprint density at radius 1 is 1.20 bits per heavy atom. The van der Waals surface area contributed by atoms with Gasteiger partial charge in [0, 0.05) is 30.3 Å². The predicted molar refractivity (Wildman–Crippen MR) is 86.1 cm³/mol. The molecule has 2 rings (SSSR count). The number of para-hydroxylation sites is 1. The molecule has 8 heteroatoms. The molecule has 0 spiro atoms. The van der Waals surface area contributed by atoms with Gasteiger partial charge in [-0.3, -0.25) is 15.0 Å². The van der Waals surface area contributed by atoms with E-state index < -0.39 is 11.3 Å². The number of halogens is 3. The molecule has 0 aliphatic heterocycles. The molecule has 0 heterocycles. The third kappa shape index (κ3) is 5.18. The Kier molecular flexibility index (Phi) is 5.63. The number of nitrogens with zero attached hydrogens (tertiary/aromatic N) is 2. The van der Waals surface area contributed by atoms with Crippen LogP contribution in [0.1, 0.15) is 24.1 Å². The predicted octanol–water partition coefficient (Wildman–Crippen LogP) is 4.69. The molecule has 0 aliphatic rings. The second-order valence-electron chi connectivity index (χ2n) is 5.60. The zero-order valence-corrected chi connectivity index (χ0v) is 13.7. The highest BCUT2D eigenvalue weighted by Crippen LogP contribution is 2.29. The Labute approximate surface area is 142 Å². The summed E-state index contributed by atoms with van der Waals surface area (Å²) in [6, 6.07) is 11.8. The SMILES string of the molecule is CC(c1cccc([N+](=O)[O-])c1)N(C)Cc1ccccc1OC(F)(F)F. The minimum absolute atomic E-state index is 0.0291. The third-order valence-corrected chi connectivity index (χ3v) is 3.84. The summed E-state index contributed by atoms with van der Waals surface area (Å²) in [7, 11) is 1.73. The summed E-state index contributed by atoms with van der Waals surface area (Å²) >= 11 is 0. The quantitative estimate of drug-likeness (QED) is 0.558. The van der Waals surface area contributed by atoms with Gasteiger partial charge in [-0.1, -0.05) is 30.3 Å². The van der Waals surface area contributed by atoms with Crippen LogP contribution in [0.3, 0.4) is 0 Å². The minimum atomic E-state index is -4.76. The van der Waals surface area contributed by atoms with Crippen molar-refractivity contribution in [3.63, 3.8) is 0 Å². The van der Waals surface area contributed by atoms with E-state index in [1.54, 1.807) is 36.2 Å². The summed E-state index contributed by atoms with van der Waals surface area (Å²) in [5, 5.41) is 10.9. The maximum absolute atomic E-state index is 12.5. The van der Waals surface area contributed by atoms with Crippen molar-refractivity contribution in [3.8, 4) is 5.75 Å². The monoisotopic (exact) mass is 354 g/mol. The van der Waals surface area contributed by atoms with Crippen LogP contribution in [-0.4, -0.2) is 23.2 Å². The maximum Gasteiger partial charge on any atom is 0.573 e. The molecule has 5 nitrogen and oxygen atoms in total. The fourth-order valence-corrected chi connectivity index (χ4v) is 2.42. The molecule has 0 bridgehead atoms. The van der Waals surface area contributed by atoms with Gasteiger partial charge in [0.25, 0.3) is 5.69 Å². The van der Waals surface area contributed by atoms with Crippen molar-refractivity contribution in [2.45, 2.75) is 25.9 Å². The van der Waals surface area contributed by atoms with Gasteiger partial charge in [-0.2, -0.15) is 0 Å². The van der Waals surface area contributed by atoms with Gasteiger partial charge >= 0.3 is 6.36 Å². The van der Waals surface area contributed by atoms with Crippen LogP contribution >= 0.6 is 0 Å². The van der Waals surface area contributed by atoms with Crippen molar-refractivity contribution in [2.75, 3.05) is 7.05 Å². The highest BCUT2D eigenvalue weighted by Gasteiger charge is 2.32. The van der Waals surface area contributed by atoms with Crippen LogP contribution in [0.4, 0.5) is 18.9 Å². The first-order valence-corrected chi connectivity index (χ1v) is 7.45. The smallest absolute Gasteiger partial charge is 0.405 e. The standard InChI is InChI=1S/C17H17F3N2O3/c1-12(13-7-5-8-15(10-13)22(23)24)21(2)11-14-6-3-4-9-16(14)25-17(18,19)20/h3-10,12H,11H2,1-2H3. The number of benzene rings is 2. The van der Waals surface area contributed by atoms with Crippen LogP contribution in [0.15, 0.2) is 48.5 Å². The second kappa shape index (κ2) is 7.52. The Bertz CT molecular complexity index is 750. The highest BCUT2D eigenvalue weighted by atomic mass is 19.4. The van der Waals surface area contributed by atoms with Crippen LogP contribution in [0.5, 0.6) is 5.75 Å². The van der Waals surface area contributed by atoms with Crippen LogP contribution in [0.25, 0.3) is 0 Å². The van der Waals surface area contributed by atoms with E-state index >= 15 is 0 Å². The summed E-state index contributed by atoms with van der Waals surface area (Å²) < 4.78 is 41.6. The lowest BCUT2D eigenvalue weighted by Gasteiger charge is -2.26. The van der Waals surface area contributed by atoms with E-state index in [0.29, 0.717) is 11.1 Å². The second-order valence-corrected chi connectivity index (χ2v) is 5.60. The van der Waals surface area contributed by atoms with Crippen molar-refractivity contribution in [1.29, 1.82) is 0 Å². The summed E-state index contributed by atoms with van der Waals surface area (Å²) in [4.78, 5) is 12.2. The molecule has 2 aromatic rings. The van der Waals surface area contributed by atoms with Crippen molar-refractivity contribution in [1.82, 2.24) is 4.90 Å². The van der Waals surface area contributed by atoms with E-state index in [2.05, 4.69) is 4.74 Å². The maximum atomic E-state index is 12.5. The van der Waals surface area contributed by atoms with Gasteiger partial charge in [0.15, 0.2) is 0 Å². The molecular formula is C17H17F3N2O3. The number of non-ortho nitro benzene ring substituents is 1. The number of rotatable bonds is 6. The van der Waals surface area contributed by atoms with Gasteiger partial charge in [-0.05, 0) is 25.6 Å². The Morgan fingerprint density at radius 2 is 1.88 bits per heavy atom. The lowest BCUT2D eigenvalue weighted by molar-refractivity contribution is -0.385. The topological polar surface area (TPSA) is 55.6 Å². The summed E-state index contributed by atoms with van der Waals surface area (Å²) in [5.74, 6) is -0.256. The number of alkyl halides is 3. The van der Waals surface area contributed by atoms with Crippen LogP contribution < -0.4 is 4.74 Å². The fraction of sp³-hybridized carbons (Fsp3) is 0.294. The van der Waals surface area contributed by atoms with Crippen LogP contribution in [0, 0.1) is 10.1 Å². The van der Waals surface area contributed by atoms with E-state index in [9.17, 15) is 23.3 Å². The van der Waals surface area contributed by atoms with Gasteiger partial charge in [-0.25, -0.2) is 0 Å². The number of ether oxygens (including phenoxy) is 1. The normalized spacial score (nSPS) is 12.9. The molecule has 0 aliphatic carbocycles. The van der Waals surface area contributed by atoms with E-state index in [1.807, 2.05) is 6.92 Å². The van der Waals surface area contributed by atoms with Crippen molar-refractivity contribution in [3.05, 3.63) is 69.8 Å². The average molecular weight is 354 g/mol. The van der Waals surface area contributed by atoms with E-state index in [4.69, 9.17) is 0 Å². The molecular weight excluding hydrogens is 337 g/mol. The largest absolute Gasteiger partial charge is 0.573 e. The molecule has 0 N–H and O–H groups in total. The number of nitro groups is 1. The molecule has 1 atom stereocenters. The molecule has 134 valence electrons. The highest BCUT2D eigenvalue weighted by molar-refractivity contribution is 5.36. The number of hydrogen-bond donors (Lipinski definition) is 0. The van der Waals surface area contributed by atoms with Gasteiger partial charge < -0.3 is 4.74 Å². The van der Waals surface area contributed by atoms with Gasteiger partial charge in [-0.15, -0.1) is 13.2 Å². The van der Waals surface area contributed by atoms with Crippen LogP contribution in [0.2, 0.25) is 0 Å². The Hall–Kier alpha value is -2.61. The molecule has 0 aromatic heterocycles. The van der Waals surface area contributed by atoms with Crippen LogP contribution in [-0.2, 0) is 6.54 Å². The molecule has 1 unspecified atom stereocenters. The third-order valence-electron chi connectivity index (χ3n) is 3.84. The zero-order chi connectivity index (χ0) is 18.6. The molecule has 0 saturated heterocycles. The van der Waals surface area contributed by atoms with Crippen molar-refractivity contribution >= 4 is 5.69 Å². The van der Waals surface area contributed by atoms with E-state index in [0.717, 1.165) is 0 Å². The summed E-state index contributed by atoms with van der Waals surface area (Å²) in [6.07, 6.45) is -4.76. The molecule has 2 aromatic carbocycles.